The van der Waals surface area contributed by atoms with Gasteiger partial charge in [0.1, 0.15) is 10.7 Å². The molecule has 0 aromatic heterocycles. The summed E-state index contributed by atoms with van der Waals surface area (Å²) < 4.78 is 41.4. The molecule has 0 unspecified atom stereocenters. The van der Waals surface area contributed by atoms with E-state index in [2.05, 4.69) is 10.0 Å². The van der Waals surface area contributed by atoms with E-state index in [1.54, 1.807) is 20.8 Å². The first-order valence-electron chi connectivity index (χ1n) is 9.30. The Labute approximate surface area is 173 Å². The average Bonchev–Trinajstić information content (AvgIpc) is 2.55. The number of nitrogens with one attached hydrogen (secondary N) is 2. The molecule has 2 rings (SSSR count). The monoisotopic (exact) mass is 435 g/mol. The van der Waals surface area contributed by atoms with E-state index in [0.29, 0.717) is 6.54 Å². The van der Waals surface area contributed by atoms with Crippen LogP contribution in [0.1, 0.15) is 59.3 Å². The van der Waals surface area contributed by atoms with Crippen molar-refractivity contribution in [3.05, 3.63) is 24.0 Å². The highest BCUT2D eigenvalue weighted by molar-refractivity contribution is 7.89. The molecule has 0 aliphatic heterocycles. The van der Waals surface area contributed by atoms with Gasteiger partial charge in [-0.05, 0) is 63.8 Å². The van der Waals surface area contributed by atoms with Crippen molar-refractivity contribution in [3.63, 3.8) is 0 Å². The van der Waals surface area contributed by atoms with E-state index >= 15 is 0 Å². The van der Waals surface area contributed by atoms with Gasteiger partial charge in [0.25, 0.3) is 0 Å². The Balaban J connectivity index is 0.00000392. The van der Waals surface area contributed by atoms with Crippen LogP contribution in [0.5, 0.6) is 0 Å². The molecular formula is C19H31ClFN3O3S. The van der Waals surface area contributed by atoms with E-state index in [9.17, 15) is 17.6 Å². The van der Waals surface area contributed by atoms with Crippen molar-refractivity contribution in [3.8, 4) is 0 Å². The highest BCUT2D eigenvalue weighted by Crippen LogP contribution is 2.38. The maximum Gasteiger partial charge on any atom is 0.244 e. The second-order valence-corrected chi connectivity index (χ2v) is 10.1. The molecule has 28 heavy (non-hydrogen) atoms. The Morgan fingerprint density at radius 1 is 1.21 bits per heavy atom. The second kappa shape index (κ2) is 9.52. The highest BCUT2D eigenvalue weighted by atomic mass is 35.5. The first kappa shape index (κ1) is 24.8. The zero-order chi connectivity index (χ0) is 20.3. The molecule has 9 heteroatoms. The van der Waals surface area contributed by atoms with E-state index in [1.165, 1.54) is 6.07 Å². The standard InChI is InChI=1S/C19H30FN3O3S.ClH/c1-18(2,3)23-27(25,26)16-11-14(7-8-15(16)20)22-17(24)12-19(13-21)9-5-4-6-10-19;/h7-8,11,23H,4-6,9-10,12-13,21H2,1-3H3,(H,22,24);1H. The third-order valence-electron chi connectivity index (χ3n) is 4.83. The van der Waals surface area contributed by atoms with Gasteiger partial charge in [-0.25, -0.2) is 17.5 Å². The number of carbonyl (C=O) groups excluding carboxylic acids is 1. The summed E-state index contributed by atoms with van der Waals surface area (Å²) in [7, 11) is -4.05. The van der Waals surface area contributed by atoms with E-state index in [4.69, 9.17) is 5.73 Å². The van der Waals surface area contributed by atoms with Gasteiger partial charge >= 0.3 is 0 Å². The number of nitrogens with two attached hydrogens (primary N) is 1. The van der Waals surface area contributed by atoms with Crippen LogP contribution in [0, 0.1) is 11.2 Å². The number of hydrogen-bond acceptors (Lipinski definition) is 4. The molecule has 0 heterocycles. The number of halogens is 2. The quantitative estimate of drug-likeness (QED) is 0.635. The molecule has 1 aliphatic carbocycles. The van der Waals surface area contributed by atoms with Crippen LogP contribution in [-0.4, -0.2) is 26.4 Å². The predicted octanol–water partition coefficient (Wildman–Crippen LogP) is 3.56. The average molecular weight is 436 g/mol. The first-order valence-corrected chi connectivity index (χ1v) is 10.8. The Morgan fingerprint density at radius 2 is 1.82 bits per heavy atom. The maximum absolute atomic E-state index is 14.1. The van der Waals surface area contributed by atoms with Crippen molar-refractivity contribution in [2.45, 2.75) is 69.7 Å². The molecular weight excluding hydrogens is 405 g/mol. The van der Waals surface area contributed by atoms with Gasteiger partial charge in [-0.1, -0.05) is 19.3 Å². The van der Waals surface area contributed by atoms with Gasteiger partial charge in [-0.3, -0.25) is 4.79 Å². The second-order valence-electron chi connectivity index (χ2n) is 8.49. The van der Waals surface area contributed by atoms with Crippen LogP contribution < -0.4 is 15.8 Å². The molecule has 0 atom stereocenters. The minimum atomic E-state index is -4.05. The predicted molar refractivity (Wildman–Crippen MR) is 112 cm³/mol. The van der Waals surface area contributed by atoms with Crippen molar-refractivity contribution in [2.75, 3.05) is 11.9 Å². The van der Waals surface area contributed by atoms with Gasteiger partial charge in [0.2, 0.25) is 15.9 Å². The summed E-state index contributed by atoms with van der Waals surface area (Å²) in [5.41, 5.74) is 5.22. The number of anilines is 1. The molecule has 1 saturated carbocycles. The van der Waals surface area contributed by atoms with E-state index in [0.717, 1.165) is 44.2 Å². The van der Waals surface area contributed by atoms with Crippen molar-refractivity contribution in [1.82, 2.24) is 4.72 Å². The lowest BCUT2D eigenvalue weighted by Crippen LogP contribution is -2.40. The number of amides is 1. The number of benzene rings is 1. The normalized spacial score (nSPS) is 16.9. The Morgan fingerprint density at radius 3 is 2.36 bits per heavy atom. The molecule has 0 radical (unpaired) electrons. The fraction of sp³-hybridized carbons (Fsp3) is 0.632. The molecule has 4 N–H and O–H groups in total. The van der Waals surface area contributed by atoms with Gasteiger partial charge in [-0.2, -0.15) is 0 Å². The van der Waals surface area contributed by atoms with Gasteiger partial charge in [-0.15, -0.1) is 12.4 Å². The zero-order valence-corrected chi connectivity index (χ0v) is 18.3. The van der Waals surface area contributed by atoms with E-state index in [-0.39, 0.29) is 35.8 Å². The topological polar surface area (TPSA) is 101 Å². The van der Waals surface area contributed by atoms with Crippen molar-refractivity contribution >= 4 is 34.0 Å². The van der Waals surface area contributed by atoms with Crippen molar-refractivity contribution < 1.29 is 17.6 Å². The lowest BCUT2D eigenvalue weighted by Gasteiger charge is -2.35. The number of sulfonamides is 1. The molecule has 0 saturated heterocycles. The minimum absolute atomic E-state index is 0. The van der Waals surface area contributed by atoms with Crippen LogP contribution in [0.4, 0.5) is 10.1 Å². The third-order valence-corrected chi connectivity index (χ3v) is 6.60. The smallest absolute Gasteiger partial charge is 0.244 e. The molecule has 1 aromatic rings. The maximum atomic E-state index is 14.1. The minimum Gasteiger partial charge on any atom is -0.330 e. The number of rotatable bonds is 6. The molecule has 0 spiro atoms. The van der Waals surface area contributed by atoms with Gasteiger partial charge in [0.05, 0.1) is 0 Å². The summed E-state index contributed by atoms with van der Waals surface area (Å²) in [5, 5.41) is 2.70. The van der Waals surface area contributed by atoms with Gasteiger partial charge in [0.15, 0.2) is 0 Å². The summed E-state index contributed by atoms with van der Waals surface area (Å²) in [6.45, 7) is 5.46. The van der Waals surface area contributed by atoms with Gasteiger partial charge < -0.3 is 11.1 Å². The molecule has 6 nitrogen and oxygen atoms in total. The lowest BCUT2D eigenvalue weighted by atomic mass is 9.71. The van der Waals surface area contributed by atoms with Crippen LogP contribution in [0.2, 0.25) is 0 Å². The molecule has 1 aliphatic rings. The number of carbonyl (C=O) groups is 1. The molecule has 1 amide bonds. The third kappa shape index (κ3) is 6.69. The van der Waals surface area contributed by atoms with Crippen molar-refractivity contribution in [1.29, 1.82) is 0 Å². The Kier molecular flexibility index (Phi) is 8.44. The van der Waals surface area contributed by atoms with Crippen LogP contribution in [0.15, 0.2) is 23.1 Å². The largest absolute Gasteiger partial charge is 0.330 e. The van der Waals surface area contributed by atoms with Crippen LogP contribution >= 0.6 is 12.4 Å². The molecule has 1 fully saturated rings. The summed E-state index contributed by atoms with van der Waals surface area (Å²) in [6.07, 6.45) is 5.38. The molecule has 1 aromatic carbocycles. The fourth-order valence-electron chi connectivity index (χ4n) is 3.55. The van der Waals surface area contributed by atoms with E-state index in [1.807, 2.05) is 0 Å². The van der Waals surface area contributed by atoms with E-state index < -0.39 is 26.3 Å². The highest BCUT2D eigenvalue weighted by Gasteiger charge is 2.33. The Bertz CT molecular complexity index is 788. The molecule has 160 valence electrons. The Hall–Kier alpha value is -1.22. The van der Waals surface area contributed by atoms with Crippen molar-refractivity contribution in [2.24, 2.45) is 11.1 Å². The summed E-state index contributed by atoms with van der Waals surface area (Å²) in [4.78, 5) is 12.0. The molecule has 0 bridgehead atoms. The van der Waals surface area contributed by atoms with Crippen LogP contribution in [-0.2, 0) is 14.8 Å². The summed E-state index contributed by atoms with van der Waals surface area (Å²) in [5.74, 6) is -1.10. The van der Waals surface area contributed by atoms with Crippen LogP contribution in [0.3, 0.4) is 0 Å². The first-order chi connectivity index (χ1) is 12.5. The van der Waals surface area contributed by atoms with Gasteiger partial charge in [0, 0.05) is 17.6 Å². The number of hydrogen-bond donors (Lipinski definition) is 3. The SMILES string of the molecule is CC(C)(C)NS(=O)(=O)c1cc(NC(=O)CC2(CN)CCCCC2)ccc1F.Cl. The summed E-state index contributed by atoms with van der Waals surface area (Å²) >= 11 is 0. The fourth-order valence-corrected chi connectivity index (χ4v) is 5.07. The summed E-state index contributed by atoms with van der Waals surface area (Å²) in [6, 6.07) is 3.56. The zero-order valence-electron chi connectivity index (χ0n) is 16.7. The van der Waals surface area contributed by atoms with Crippen LogP contribution in [0.25, 0.3) is 0 Å². The lowest BCUT2D eigenvalue weighted by molar-refractivity contribution is -0.118.